The molecule has 10 rings (SSSR count). The Bertz CT molecular complexity index is 2810. The molecule has 50 heavy (non-hydrogen) atoms. The Kier molecular flexibility index (Phi) is 6.86. The van der Waals surface area contributed by atoms with Crippen molar-refractivity contribution in [2.24, 2.45) is 0 Å². The van der Waals surface area contributed by atoms with E-state index in [9.17, 15) is 0 Å². The Hall–Kier alpha value is -6.01. The molecule has 0 spiro atoms. The van der Waals surface area contributed by atoms with Gasteiger partial charge in [-0.3, -0.25) is 0 Å². The van der Waals surface area contributed by atoms with Gasteiger partial charge < -0.3 is 0 Å². The lowest BCUT2D eigenvalue weighted by atomic mass is 9.99. The summed E-state index contributed by atoms with van der Waals surface area (Å²) in [6.45, 7) is 0. The molecule has 7 aromatic carbocycles. The average Bonchev–Trinajstić information content (AvgIpc) is 3.75. The number of hydrogen-bond acceptors (Lipinski definition) is 5. The fraction of sp³-hybridized carbons (Fsp3) is 0. The molecule has 0 radical (unpaired) electrons. The van der Waals surface area contributed by atoms with E-state index >= 15 is 0 Å². The number of nitrogens with zero attached hydrogens (tertiary/aromatic N) is 3. The van der Waals surface area contributed by atoms with Crippen molar-refractivity contribution in [1.82, 2.24) is 15.0 Å². The van der Waals surface area contributed by atoms with Gasteiger partial charge in [0.1, 0.15) is 0 Å². The van der Waals surface area contributed by atoms with Gasteiger partial charge >= 0.3 is 0 Å². The summed E-state index contributed by atoms with van der Waals surface area (Å²) in [5.41, 5.74) is 7.67. The van der Waals surface area contributed by atoms with Gasteiger partial charge in [0.05, 0.1) is 0 Å². The van der Waals surface area contributed by atoms with Gasteiger partial charge in [0.25, 0.3) is 0 Å². The lowest BCUT2D eigenvalue weighted by Crippen LogP contribution is -2.00. The molecule has 0 aliphatic carbocycles. The average molecular weight is 674 g/mol. The Morgan fingerprint density at radius 1 is 0.260 bits per heavy atom. The zero-order valence-electron chi connectivity index (χ0n) is 26.7. The van der Waals surface area contributed by atoms with Crippen molar-refractivity contribution in [2.75, 3.05) is 0 Å². The number of thiophene rings is 2. The van der Waals surface area contributed by atoms with Crippen LogP contribution >= 0.6 is 22.7 Å². The summed E-state index contributed by atoms with van der Waals surface area (Å²) in [5.74, 6) is 1.98. The van der Waals surface area contributed by atoms with E-state index in [4.69, 9.17) is 15.0 Å². The summed E-state index contributed by atoms with van der Waals surface area (Å²) >= 11 is 3.71. The summed E-state index contributed by atoms with van der Waals surface area (Å²) in [5, 5.41) is 5.24. The van der Waals surface area contributed by atoms with Crippen LogP contribution in [0.15, 0.2) is 164 Å². The second-order valence-corrected chi connectivity index (χ2v) is 14.6. The van der Waals surface area contributed by atoms with Gasteiger partial charge in [-0.1, -0.05) is 121 Å². The molecule has 5 heteroatoms. The molecule has 3 aromatic heterocycles. The quantitative estimate of drug-likeness (QED) is 0.182. The second kappa shape index (κ2) is 11.8. The maximum Gasteiger partial charge on any atom is 0.164 e. The van der Waals surface area contributed by atoms with Gasteiger partial charge in [0, 0.05) is 57.0 Å². The molecule has 0 amide bonds. The highest BCUT2D eigenvalue weighted by Crippen LogP contribution is 2.41. The summed E-state index contributed by atoms with van der Waals surface area (Å²) in [7, 11) is 0. The molecule has 0 saturated heterocycles. The van der Waals surface area contributed by atoms with E-state index < -0.39 is 0 Å². The number of benzene rings is 7. The number of aromatic nitrogens is 3. The van der Waals surface area contributed by atoms with Crippen molar-refractivity contribution in [3.63, 3.8) is 0 Å². The van der Waals surface area contributed by atoms with Crippen LogP contribution in [0, 0.1) is 0 Å². The normalized spacial score (nSPS) is 11.6. The minimum atomic E-state index is 0.656. The minimum absolute atomic E-state index is 0.656. The monoisotopic (exact) mass is 673 g/mol. The smallest absolute Gasteiger partial charge is 0.164 e. The third kappa shape index (κ3) is 5.07. The first-order valence-electron chi connectivity index (χ1n) is 16.6. The summed E-state index contributed by atoms with van der Waals surface area (Å²) in [6.07, 6.45) is 0. The fourth-order valence-electron chi connectivity index (χ4n) is 6.82. The molecule has 10 aromatic rings. The Balaban J connectivity index is 1.03. The zero-order valence-corrected chi connectivity index (χ0v) is 28.4. The van der Waals surface area contributed by atoms with Crippen LogP contribution in [0.4, 0.5) is 0 Å². The predicted molar refractivity (Wildman–Crippen MR) is 213 cm³/mol. The maximum atomic E-state index is 4.96. The molecule has 0 atom stereocenters. The van der Waals surface area contributed by atoms with E-state index in [-0.39, 0.29) is 0 Å². The van der Waals surface area contributed by atoms with Crippen molar-refractivity contribution in [1.29, 1.82) is 0 Å². The van der Waals surface area contributed by atoms with Crippen molar-refractivity contribution in [2.45, 2.75) is 0 Å². The van der Waals surface area contributed by atoms with Gasteiger partial charge in [-0.05, 0) is 64.7 Å². The largest absolute Gasteiger partial charge is 0.208 e. The Morgan fingerprint density at radius 3 is 1.36 bits per heavy atom. The van der Waals surface area contributed by atoms with E-state index in [0.29, 0.717) is 17.5 Å². The number of hydrogen-bond donors (Lipinski definition) is 0. The molecule has 0 unspecified atom stereocenters. The van der Waals surface area contributed by atoms with Gasteiger partial charge in [0.15, 0.2) is 17.5 Å². The first kappa shape index (κ1) is 29.0. The molecule has 0 bridgehead atoms. The van der Waals surface area contributed by atoms with Crippen LogP contribution in [-0.2, 0) is 0 Å². The van der Waals surface area contributed by atoms with Crippen LogP contribution in [0.1, 0.15) is 0 Å². The third-order valence-corrected chi connectivity index (χ3v) is 11.6. The summed E-state index contributed by atoms with van der Waals surface area (Å²) < 4.78 is 5.24. The van der Waals surface area contributed by atoms with E-state index in [1.54, 1.807) is 0 Å². The van der Waals surface area contributed by atoms with Gasteiger partial charge in [-0.25, -0.2) is 15.0 Å². The molecule has 0 fully saturated rings. The topological polar surface area (TPSA) is 38.7 Å². The van der Waals surface area contributed by atoms with Crippen molar-refractivity contribution in [3.05, 3.63) is 164 Å². The second-order valence-electron chi connectivity index (χ2n) is 12.5. The molecule has 0 aliphatic heterocycles. The van der Waals surface area contributed by atoms with Crippen LogP contribution < -0.4 is 0 Å². The first-order valence-corrected chi connectivity index (χ1v) is 18.2. The van der Waals surface area contributed by atoms with Crippen LogP contribution in [-0.4, -0.2) is 15.0 Å². The van der Waals surface area contributed by atoms with Gasteiger partial charge in [-0.2, -0.15) is 0 Å². The predicted octanol–water partition coefficient (Wildman–Crippen LogP) is 12.9. The fourth-order valence-corrected chi connectivity index (χ4v) is 9.03. The van der Waals surface area contributed by atoms with Crippen LogP contribution in [0.25, 0.3) is 96.8 Å². The van der Waals surface area contributed by atoms with E-state index in [0.717, 1.165) is 22.3 Å². The highest BCUT2D eigenvalue weighted by Gasteiger charge is 2.14. The standard InChI is InChI=1S/C45H27N3S2/c1-3-10-28(11-4-1)43-46-44(29-12-5-2-6-13-29)48-45(47-43)34-15-9-14-30(24-34)33-18-21-36-38-26-32(20-23-41(38)50-42(36)27-33)31-19-22-40-37(25-31)35-16-7-8-17-39(35)49-40/h1-27H. The SMILES string of the molecule is c1ccc(-c2nc(-c3ccccc3)nc(-c3cccc(-c4ccc5c(c4)sc4ccc(-c6ccc7sc8ccccc8c7c6)cc45)c3)n2)cc1. The molecule has 0 N–H and O–H groups in total. The van der Waals surface area contributed by atoms with E-state index in [1.807, 2.05) is 83.3 Å². The molecule has 0 saturated carbocycles. The Morgan fingerprint density at radius 2 is 0.700 bits per heavy atom. The lowest BCUT2D eigenvalue weighted by Gasteiger charge is -2.10. The zero-order chi connectivity index (χ0) is 33.0. The molecular weight excluding hydrogens is 647 g/mol. The van der Waals surface area contributed by atoms with Crippen LogP contribution in [0.2, 0.25) is 0 Å². The summed E-state index contributed by atoms with van der Waals surface area (Å²) in [4.78, 5) is 14.8. The summed E-state index contributed by atoms with van der Waals surface area (Å²) in [6, 6.07) is 58.1. The minimum Gasteiger partial charge on any atom is -0.208 e. The van der Waals surface area contributed by atoms with E-state index in [1.165, 1.54) is 57.0 Å². The third-order valence-electron chi connectivity index (χ3n) is 9.33. The lowest BCUT2D eigenvalue weighted by molar-refractivity contribution is 1.07. The molecule has 3 nitrogen and oxygen atoms in total. The van der Waals surface area contributed by atoms with Gasteiger partial charge in [0.2, 0.25) is 0 Å². The van der Waals surface area contributed by atoms with Crippen LogP contribution in [0.3, 0.4) is 0 Å². The van der Waals surface area contributed by atoms with Crippen molar-refractivity contribution < 1.29 is 0 Å². The van der Waals surface area contributed by atoms with Gasteiger partial charge in [-0.15, -0.1) is 22.7 Å². The highest BCUT2D eigenvalue weighted by molar-refractivity contribution is 7.26. The maximum absolute atomic E-state index is 4.96. The van der Waals surface area contributed by atoms with Crippen LogP contribution in [0.5, 0.6) is 0 Å². The number of fused-ring (bicyclic) bond motifs is 6. The first-order chi connectivity index (χ1) is 24.7. The molecule has 234 valence electrons. The highest BCUT2D eigenvalue weighted by atomic mass is 32.1. The molecular formula is C45H27N3S2. The Labute approximate surface area is 296 Å². The molecule has 3 heterocycles. The van der Waals surface area contributed by atoms with E-state index in [2.05, 4.69) is 103 Å². The van der Waals surface area contributed by atoms with Crippen molar-refractivity contribution in [3.8, 4) is 56.4 Å². The molecule has 0 aliphatic rings. The van der Waals surface area contributed by atoms with Crippen molar-refractivity contribution >= 4 is 63.0 Å². The number of rotatable bonds is 5.